The van der Waals surface area contributed by atoms with Crippen LogP contribution in [0.4, 0.5) is 0 Å². The summed E-state index contributed by atoms with van der Waals surface area (Å²) in [7, 11) is 0. The lowest BCUT2D eigenvalue weighted by Crippen LogP contribution is -2.06. The summed E-state index contributed by atoms with van der Waals surface area (Å²) in [5, 5.41) is 13.4. The van der Waals surface area contributed by atoms with Crippen LogP contribution in [0.2, 0.25) is 5.02 Å². The fourth-order valence-electron chi connectivity index (χ4n) is 3.89. The number of hydrogen-bond donors (Lipinski definition) is 0. The highest BCUT2D eigenvalue weighted by Crippen LogP contribution is 2.35. The van der Waals surface area contributed by atoms with Gasteiger partial charge in [0.2, 0.25) is 0 Å². The van der Waals surface area contributed by atoms with E-state index in [-0.39, 0.29) is 6.10 Å². The standard InChI is InChI=1S/C28H20ClN3OS2/c1-18-4-2-3-5-24(18)25-12-20(6-7-21(25)13-30)27(26-14-31-17-35-26)33-15-23-16-34-28(32-23)19-8-10-22(29)11-9-19/h2-12,14,16-17,27H,15H2,1H3. The van der Waals surface area contributed by atoms with Gasteiger partial charge in [0.05, 0.1) is 34.3 Å². The third kappa shape index (κ3) is 5.19. The van der Waals surface area contributed by atoms with Gasteiger partial charge in [-0.25, -0.2) is 4.98 Å². The Morgan fingerprint density at radius 2 is 1.86 bits per heavy atom. The second-order valence-electron chi connectivity index (χ2n) is 7.98. The molecular weight excluding hydrogens is 494 g/mol. The number of aromatic nitrogens is 2. The highest BCUT2D eigenvalue weighted by atomic mass is 35.5. The topological polar surface area (TPSA) is 58.8 Å². The Bertz CT molecular complexity index is 1490. The molecule has 5 aromatic rings. The Morgan fingerprint density at radius 1 is 1.03 bits per heavy atom. The Labute approximate surface area is 217 Å². The molecule has 4 nitrogen and oxygen atoms in total. The van der Waals surface area contributed by atoms with Crippen LogP contribution >= 0.6 is 34.3 Å². The lowest BCUT2D eigenvalue weighted by molar-refractivity contribution is 0.0671. The third-order valence-electron chi connectivity index (χ3n) is 5.65. The smallest absolute Gasteiger partial charge is 0.123 e. The second kappa shape index (κ2) is 10.5. The van der Waals surface area contributed by atoms with Crippen molar-refractivity contribution < 1.29 is 4.74 Å². The van der Waals surface area contributed by atoms with Gasteiger partial charge < -0.3 is 4.74 Å². The molecule has 0 aliphatic heterocycles. The van der Waals surface area contributed by atoms with Gasteiger partial charge >= 0.3 is 0 Å². The maximum Gasteiger partial charge on any atom is 0.123 e. The zero-order valence-electron chi connectivity index (χ0n) is 18.8. The zero-order valence-corrected chi connectivity index (χ0v) is 21.2. The van der Waals surface area contributed by atoms with E-state index in [4.69, 9.17) is 21.3 Å². The summed E-state index contributed by atoms with van der Waals surface area (Å²) in [6, 6.07) is 24.0. The molecular formula is C28H20ClN3OS2. The van der Waals surface area contributed by atoms with Crippen LogP contribution in [0.25, 0.3) is 21.7 Å². The lowest BCUT2D eigenvalue weighted by Gasteiger charge is -2.18. The molecule has 0 spiro atoms. The Balaban J connectivity index is 1.45. The molecule has 2 heterocycles. The van der Waals surface area contributed by atoms with Crippen molar-refractivity contribution >= 4 is 34.3 Å². The van der Waals surface area contributed by atoms with Gasteiger partial charge in [-0.05, 0) is 47.9 Å². The molecule has 5 rings (SSSR count). The summed E-state index contributed by atoms with van der Waals surface area (Å²) in [6.07, 6.45) is 1.51. The molecule has 0 saturated carbocycles. The van der Waals surface area contributed by atoms with Crippen LogP contribution < -0.4 is 0 Å². The maximum atomic E-state index is 9.74. The molecule has 0 fully saturated rings. The van der Waals surface area contributed by atoms with Crippen molar-refractivity contribution in [1.29, 1.82) is 5.26 Å². The number of nitriles is 1. The minimum absolute atomic E-state index is 0.321. The average molecular weight is 514 g/mol. The van der Waals surface area contributed by atoms with Crippen LogP contribution in [0.15, 0.2) is 83.8 Å². The number of ether oxygens (including phenoxy) is 1. The number of rotatable bonds is 7. The van der Waals surface area contributed by atoms with E-state index in [1.165, 1.54) is 0 Å². The summed E-state index contributed by atoms with van der Waals surface area (Å²) in [6.45, 7) is 2.41. The lowest BCUT2D eigenvalue weighted by atomic mass is 9.93. The molecule has 0 aliphatic rings. The molecule has 2 aromatic heterocycles. The van der Waals surface area contributed by atoms with Crippen LogP contribution in [0, 0.1) is 18.3 Å². The van der Waals surface area contributed by atoms with Gasteiger partial charge in [-0.2, -0.15) is 5.26 Å². The monoisotopic (exact) mass is 513 g/mol. The molecule has 0 bridgehead atoms. The normalized spacial score (nSPS) is 11.8. The van der Waals surface area contributed by atoms with Gasteiger partial charge in [-0.3, -0.25) is 4.98 Å². The number of benzene rings is 3. The Morgan fingerprint density at radius 3 is 2.60 bits per heavy atom. The van der Waals surface area contributed by atoms with E-state index in [2.05, 4.69) is 30.1 Å². The molecule has 0 N–H and O–H groups in total. The van der Waals surface area contributed by atoms with E-state index in [1.54, 1.807) is 28.2 Å². The largest absolute Gasteiger partial charge is 0.362 e. The fraction of sp³-hybridized carbons (Fsp3) is 0.107. The Hall–Kier alpha value is -3.34. The van der Waals surface area contributed by atoms with Gasteiger partial charge in [0.1, 0.15) is 11.1 Å². The summed E-state index contributed by atoms with van der Waals surface area (Å²) < 4.78 is 6.43. The zero-order chi connectivity index (χ0) is 24.2. The van der Waals surface area contributed by atoms with Crippen LogP contribution in [-0.4, -0.2) is 9.97 Å². The molecule has 7 heteroatoms. The molecule has 3 aromatic carbocycles. The summed E-state index contributed by atoms with van der Waals surface area (Å²) in [5.41, 5.74) is 8.37. The van der Waals surface area contributed by atoms with Crippen molar-refractivity contribution in [2.75, 3.05) is 0 Å². The van der Waals surface area contributed by atoms with E-state index in [0.717, 1.165) is 43.4 Å². The van der Waals surface area contributed by atoms with E-state index in [0.29, 0.717) is 17.2 Å². The third-order valence-corrected chi connectivity index (χ3v) is 7.66. The minimum Gasteiger partial charge on any atom is -0.362 e. The Kier molecular flexibility index (Phi) is 7.03. The number of nitrogens with zero attached hydrogens (tertiary/aromatic N) is 3. The predicted molar refractivity (Wildman–Crippen MR) is 143 cm³/mol. The predicted octanol–water partition coefficient (Wildman–Crippen LogP) is 8.07. The number of halogens is 1. The molecule has 0 amide bonds. The first-order valence-corrected chi connectivity index (χ1v) is 13.1. The quantitative estimate of drug-likeness (QED) is 0.221. The summed E-state index contributed by atoms with van der Waals surface area (Å²) >= 11 is 9.14. The molecule has 172 valence electrons. The maximum absolute atomic E-state index is 9.74. The molecule has 1 atom stereocenters. The van der Waals surface area contributed by atoms with Crippen molar-refractivity contribution in [3.63, 3.8) is 0 Å². The van der Waals surface area contributed by atoms with Crippen molar-refractivity contribution in [3.05, 3.63) is 116 Å². The van der Waals surface area contributed by atoms with Crippen LogP contribution in [0.1, 0.15) is 33.4 Å². The summed E-state index contributed by atoms with van der Waals surface area (Å²) in [4.78, 5) is 10.0. The number of aryl methyl sites for hydroxylation is 1. The number of thiazole rings is 2. The molecule has 0 radical (unpaired) electrons. The van der Waals surface area contributed by atoms with Crippen LogP contribution in [0.3, 0.4) is 0 Å². The summed E-state index contributed by atoms with van der Waals surface area (Å²) in [5.74, 6) is 0. The molecule has 1 unspecified atom stereocenters. The first kappa shape index (κ1) is 23.4. The van der Waals surface area contributed by atoms with Crippen molar-refractivity contribution in [1.82, 2.24) is 9.97 Å². The van der Waals surface area contributed by atoms with Gasteiger partial charge in [0, 0.05) is 27.7 Å². The minimum atomic E-state index is -0.321. The second-order valence-corrected chi connectivity index (χ2v) is 10.2. The van der Waals surface area contributed by atoms with E-state index in [1.807, 2.05) is 66.2 Å². The first-order chi connectivity index (χ1) is 17.1. The van der Waals surface area contributed by atoms with Gasteiger partial charge in [0.25, 0.3) is 0 Å². The molecule has 0 aliphatic carbocycles. The average Bonchev–Trinajstić information content (AvgIpc) is 3.58. The van der Waals surface area contributed by atoms with E-state index in [9.17, 15) is 5.26 Å². The van der Waals surface area contributed by atoms with Gasteiger partial charge in [-0.1, -0.05) is 54.1 Å². The highest BCUT2D eigenvalue weighted by Gasteiger charge is 2.20. The first-order valence-electron chi connectivity index (χ1n) is 10.9. The number of hydrogen-bond acceptors (Lipinski definition) is 6. The fourth-order valence-corrected chi connectivity index (χ4v) is 5.51. The van der Waals surface area contributed by atoms with Crippen LogP contribution in [0.5, 0.6) is 0 Å². The van der Waals surface area contributed by atoms with Crippen molar-refractivity contribution in [3.8, 4) is 27.8 Å². The van der Waals surface area contributed by atoms with Gasteiger partial charge in [0.15, 0.2) is 0 Å². The van der Waals surface area contributed by atoms with Crippen LogP contribution in [-0.2, 0) is 11.3 Å². The van der Waals surface area contributed by atoms with Crippen molar-refractivity contribution in [2.45, 2.75) is 19.6 Å². The highest BCUT2D eigenvalue weighted by molar-refractivity contribution is 7.13. The molecule has 0 saturated heterocycles. The van der Waals surface area contributed by atoms with E-state index < -0.39 is 0 Å². The van der Waals surface area contributed by atoms with Gasteiger partial charge in [-0.15, -0.1) is 22.7 Å². The SMILES string of the molecule is Cc1ccccc1-c1cc(C(OCc2csc(-c3ccc(Cl)cc3)n2)c2cncs2)ccc1C#N. The van der Waals surface area contributed by atoms with Crippen molar-refractivity contribution in [2.24, 2.45) is 0 Å². The van der Waals surface area contributed by atoms with E-state index >= 15 is 0 Å². The molecule has 35 heavy (non-hydrogen) atoms.